The van der Waals surface area contributed by atoms with E-state index < -0.39 is 16.0 Å². The van der Waals surface area contributed by atoms with E-state index in [0.717, 1.165) is 27.7 Å². The van der Waals surface area contributed by atoms with Gasteiger partial charge in [-0.25, -0.2) is 0 Å². The maximum atomic E-state index is 11.8. The molecular weight excluding hydrogens is 454 g/mol. The van der Waals surface area contributed by atoms with Crippen LogP contribution >= 0.6 is 0 Å². The number of hydrogen-bond acceptors (Lipinski definition) is 6. The molecule has 0 amide bonds. The van der Waals surface area contributed by atoms with Crippen molar-refractivity contribution in [2.75, 3.05) is 17.9 Å². The van der Waals surface area contributed by atoms with E-state index in [4.69, 9.17) is 13.9 Å². The number of aryl methyl sites for hydroxylation is 1. The Kier molecular flexibility index (Phi) is 5.55. The molecule has 0 unspecified atom stereocenters. The average molecular weight is 478 g/mol. The molecule has 0 bridgehead atoms. The van der Waals surface area contributed by atoms with Gasteiger partial charge in [0.1, 0.15) is 17.1 Å². The van der Waals surface area contributed by atoms with Gasteiger partial charge in [-0.05, 0) is 41.8 Å². The van der Waals surface area contributed by atoms with Crippen LogP contribution in [-0.2, 0) is 16.5 Å². The molecule has 0 spiro atoms. The van der Waals surface area contributed by atoms with Crippen LogP contribution in [0.3, 0.4) is 0 Å². The first-order chi connectivity index (χ1) is 16.4. The zero-order valence-electron chi connectivity index (χ0n) is 18.7. The van der Waals surface area contributed by atoms with Crippen LogP contribution in [0.25, 0.3) is 28.2 Å². The van der Waals surface area contributed by atoms with Gasteiger partial charge >= 0.3 is 0 Å². The minimum absolute atomic E-state index is 0.234. The number of nitrogens with zero attached hydrogens (tertiary/aromatic N) is 1. The highest BCUT2D eigenvalue weighted by molar-refractivity contribution is 7.85. The normalized spacial score (nSPS) is 14.4. The van der Waals surface area contributed by atoms with Crippen LogP contribution in [-0.4, -0.2) is 26.0 Å². The molecular formula is C26H23NO6S. The number of fused-ring (bicyclic) bond motifs is 2. The maximum Gasteiger partial charge on any atom is 0.283 e. The van der Waals surface area contributed by atoms with Crippen molar-refractivity contribution >= 4 is 32.9 Å². The second-order valence-electron chi connectivity index (χ2n) is 7.93. The summed E-state index contributed by atoms with van der Waals surface area (Å²) in [4.78, 5) is 1.38. The molecule has 174 valence electrons. The van der Waals surface area contributed by atoms with Crippen LogP contribution in [0, 0.1) is 0 Å². The highest BCUT2D eigenvalue weighted by Gasteiger charge is 2.31. The summed E-state index contributed by atoms with van der Waals surface area (Å²) in [5.41, 5.74) is 4.36. The van der Waals surface area contributed by atoms with Gasteiger partial charge in [0.25, 0.3) is 10.1 Å². The van der Waals surface area contributed by atoms with Crippen LogP contribution in [0.15, 0.2) is 77.0 Å². The number of furan rings is 1. The Balaban J connectivity index is 1.61. The number of rotatable bonds is 6. The van der Waals surface area contributed by atoms with Gasteiger partial charge in [0.15, 0.2) is 11.6 Å². The smallest absolute Gasteiger partial charge is 0.283 e. The number of ether oxygens (including phenoxy) is 2. The lowest BCUT2D eigenvalue weighted by molar-refractivity contribution is 0.413. The monoisotopic (exact) mass is 477 g/mol. The minimum Gasteiger partial charge on any atom is -0.497 e. The second kappa shape index (κ2) is 8.55. The minimum atomic E-state index is -4.34. The summed E-state index contributed by atoms with van der Waals surface area (Å²) in [6.07, 6.45) is 2.36. The van der Waals surface area contributed by atoms with E-state index in [1.54, 1.807) is 24.3 Å². The zero-order valence-corrected chi connectivity index (χ0v) is 19.5. The van der Waals surface area contributed by atoms with Gasteiger partial charge in [-0.15, -0.1) is 0 Å². The van der Waals surface area contributed by atoms with Crippen molar-refractivity contribution in [3.8, 4) is 22.6 Å². The summed E-state index contributed by atoms with van der Waals surface area (Å²) < 4.78 is 50.4. The second-order valence-corrected chi connectivity index (χ2v) is 9.35. The molecule has 1 aliphatic heterocycles. The van der Waals surface area contributed by atoms with E-state index >= 15 is 0 Å². The van der Waals surface area contributed by atoms with Crippen LogP contribution in [0.5, 0.6) is 11.5 Å². The molecule has 0 radical (unpaired) electrons. The Morgan fingerprint density at radius 2 is 1.82 bits per heavy atom. The van der Waals surface area contributed by atoms with Crippen molar-refractivity contribution in [2.24, 2.45) is 0 Å². The third kappa shape index (κ3) is 4.13. The highest BCUT2D eigenvalue weighted by Crippen LogP contribution is 2.43. The van der Waals surface area contributed by atoms with Crippen molar-refractivity contribution in [2.45, 2.75) is 13.3 Å². The molecule has 3 aromatic carbocycles. The van der Waals surface area contributed by atoms with E-state index in [2.05, 4.69) is 18.2 Å². The largest absolute Gasteiger partial charge is 0.497 e. The molecule has 8 heteroatoms. The molecule has 5 rings (SSSR count). The molecule has 4 aromatic rings. The van der Waals surface area contributed by atoms with E-state index in [-0.39, 0.29) is 5.88 Å². The van der Waals surface area contributed by atoms with Crippen molar-refractivity contribution < 1.29 is 26.9 Å². The molecule has 1 aliphatic rings. The number of hydrogen-bond donors (Lipinski definition) is 1. The summed E-state index contributed by atoms with van der Waals surface area (Å²) >= 11 is 0. The first kappa shape index (κ1) is 22.1. The fourth-order valence-corrected chi connectivity index (χ4v) is 4.78. The fourth-order valence-electron chi connectivity index (χ4n) is 4.18. The van der Waals surface area contributed by atoms with Crippen molar-refractivity contribution in [1.82, 2.24) is 0 Å². The number of benzene rings is 3. The Labute approximate surface area is 197 Å². The quantitative estimate of drug-likeness (QED) is 0.356. The summed E-state index contributed by atoms with van der Waals surface area (Å²) in [5, 5.41) is 0.981. The Bertz CT molecular complexity index is 1510. The molecule has 1 N–H and O–H groups in total. The highest BCUT2D eigenvalue weighted by atomic mass is 32.2. The summed E-state index contributed by atoms with van der Waals surface area (Å²) in [7, 11) is -2.82. The SMILES string of the molecule is CCc1c(C=C2Oc3ccc(OC)cc3N2CS(=O)(=O)O)oc2ccc(-c3ccccc3)cc12. The number of anilines is 1. The fraction of sp³-hybridized carbons (Fsp3) is 0.154. The van der Waals surface area contributed by atoms with Crippen LogP contribution < -0.4 is 14.4 Å². The van der Waals surface area contributed by atoms with Gasteiger partial charge in [0, 0.05) is 23.1 Å². The zero-order chi connectivity index (χ0) is 23.9. The first-order valence-corrected chi connectivity index (χ1v) is 12.4. The molecule has 34 heavy (non-hydrogen) atoms. The predicted molar refractivity (Wildman–Crippen MR) is 132 cm³/mol. The van der Waals surface area contributed by atoms with E-state index in [0.29, 0.717) is 29.4 Å². The standard InChI is InChI=1S/C26H23NO6S/c1-3-20-21-13-18(17-7-5-4-6-8-17)9-11-23(21)32-25(20)15-26-27(16-34(28,29)30)22-14-19(31-2)10-12-24(22)33-26/h4-15H,3,16H2,1-2H3,(H,28,29,30). The topological polar surface area (TPSA) is 89.2 Å². The molecule has 2 heterocycles. The lowest BCUT2D eigenvalue weighted by atomic mass is 10.0. The van der Waals surface area contributed by atoms with Gasteiger partial charge in [-0.1, -0.05) is 43.3 Å². The molecule has 0 saturated carbocycles. The van der Waals surface area contributed by atoms with Gasteiger partial charge < -0.3 is 13.9 Å². The Morgan fingerprint density at radius 1 is 1.03 bits per heavy atom. The predicted octanol–water partition coefficient (Wildman–Crippen LogP) is 5.71. The third-order valence-electron chi connectivity index (χ3n) is 5.77. The maximum absolute atomic E-state index is 11.8. The molecule has 0 aliphatic carbocycles. The van der Waals surface area contributed by atoms with Crippen molar-refractivity contribution in [1.29, 1.82) is 0 Å². The molecule has 0 saturated heterocycles. The lowest BCUT2D eigenvalue weighted by Gasteiger charge is -2.16. The van der Waals surface area contributed by atoms with Crippen LogP contribution in [0.4, 0.5) is 5.69 Å². The van der Waals surface area contributed by atoms with Gasteiger partial charge in [0.2, 0.25) is 5.88 Å². The first-order valence-electron chi connectivity index (χ1n) is 10.8. The molecule has 1 aromatic heterocycles. The van der Waals surface area contributed by atoms with Crippen molar-refractivity contribution in [3.63, 3.8) is 0 Å². The summed E-state index contributed by atoms with van der Waals surface area (Å²) in [5.74, 6) is 1.13. The lowest BCUT2D eigenvalue weighted by Crippen LogP contribution is -2.27. The van der Waals surface area contributed by atoms with Gasteiger partial charge in [0.05, 0.1) is 12.8 Å². The molecule has 0 atom stereocenters. The van der Waals surface area contributed by atoms with Gasteiger partial charge in [-0.2, -0.15) is 8.42 Å². The van der Waals surface area contributed by atoms with E-state index in [9.17, 15) is 13.0 Å². The van der Waals surface area contributed by atoms with Crippen LogP contribution in [0.2, 0.25) is 0 Å². The Morgan fingerprint density at radius 3 is 2.53 bits per heavy atom. The summed E-state index contributed by atoms with van der Waals surface area (Å²) in [6, 6.07) is 21.2. The van der Waals surface area contributed by atoms with Crippen LogP contribution in [0.1, 0.15) is 18.2 Å². The van der Waals surface area contributed by atoms with Gasteiger partial charge in [-0.3, -0.25) is 9.45 Å². The molecule has 0 fully saturated rings. The van der Waals surface area contributed by atoms with E-state index in [1.807, 2.05) is 37.3 Å². The third-order valence-corrected chi connectivity index (χ3v) is 6.35. The van der Waals surface area contributed by atoms with Crippen molar-refractivity contribution in [3.05, 3.63) is 83.9 Å². The number of methoxy groups -OCH3 is 1. The average Bonchev–Trinajstić information content (AvgIpc) is 3.34. The van der Waals surface area contributed by atoms with E-state index in [1.165, 1.54) is 12.0 Å². The Hall–Kier alpha value is -3.75. The summed E-state index contributed by atoms with van der Waals surface area (Å²) in [6.45, 7) is 2.03. The molecule has 7 nitrogen and oxygen atoms in total.